The number of benzene rings is 1. The second-order valence-corrected chi connectivity index (χ2v) is 4.30. The zero-order valence-corrected chi connectivity index (χ0v) is 9.65. The van der Waals surface area contributed by atoms with Crippen LogP contribution in [0.4, 0.5) is 4.39 Å². The number of nitrogens with two attached hydrogens (primary N) is 1. The lowest BCUT2D eigenvalue weighted by molar-refractivity contribution is 0.200. The zero-order chi connectivity index (χ0) is 11.1. The van der Waals surface area contributed by atoms with Crippen LogP contribution in [0.15, 0.2) is 23.1 Å². The van der Waals surface area contributed by atoms with Gasteiger partial charge in [-0.1, -0.05) is 6.07 Å². The molecule has 0 atom stereocenters. The smallest absolute Gasteiger partial charge is 0.137 e. The Morgan fingerprint density at radius 2 is 2.27 bits per heavy atom. The molecule has 0 bridgehead atoms. The van der Waals surface area contributed by atoms with Crippen LogP contribution in [0.5, 0.6) is 0 Å². The quantitative estimate of drug-likeness (QED) is 0.601. The van der Waals surface area contributed by atoms with Crippen LogP contribution in [0.2, 0.25) is 0 Å². The molecular weight excluding hydrogens is 213 g/mol. The lowest BCUT2D eigenvalue weighted by atomic mass is 10.2. The SMILES string of the molecule is COCCCSc1ccc(CN)cc1F. The molecule has 0 aliphatic rings. The monoisotopic (exact) mass is 229 g/mol. The molecule has 0 radical (unpaired) electrons. The Kier molecular flexibility index (Phi) is 5.68. The van der Waals surface area contributed by atoms with Crippen molar-refractivity contribution < 1.29 is 9.13 Å². The van der Waals surface area contributed by atoms with E-state index in [4.69, 9.17) is 10.5 Å². The Balaban J connectivity index is 2.47. The highest BCUT2D eigenvalue weighted by molar-refractivity contribution is 7.99. The molecule has 0 amide bonds. The van der Waals surface area contributed by atoms with Crippen molar-refractivity contribution in [3.8, 4) is 0 Å². The van der Waals surface area contributed by atoms with E-state index in [0.717, 1.165) is 24.3 Å². The minimum atomic E-state index is -0.180. The maximum atomic E-state index is 13.4. The number of hydrogen-bond acceptors (Lipinski definition) is 3. The van der Waals surface area contributed by atoms with Gasteiger partial charge in [0.25, 0.3) is 0 Å². The summed E-state index contributed by atoms with van der Waals surface area (Å²) in [6.07, 6.45) is 0.930. The molecule has 1 aromatic carbocycles. The van der Waals surface area contributed by atoms with Gasteiger partial charge in [-0.05, 0) is 24.1 Å². The van der Waals surface area contributed by atoms with Crippen LogP contribution in [0.1, 0.15) is 12.0 Å². The van der Waals surface area contributed by atoms with Crippen molar-refractivity contribution >= 4 is 11.8 Å². The number of methoxy groups -OCH3 is 1. The molecule has 0 spiro atoms. The summed E-state index contributed by atoms with van der Waals surface area (Å²) < 4.78 is 18.4. The molecular formula is C11H16FNOS. The van der Waals surface area contributed by atoms with Crippen molar-refractivity contribution in [1.29, 1.82) is 0 Å². The van der Waals surface area contributed by atoms with Crippen LogP contribution in [0, 0.1) is 5.82 Å². The molecule has 84 valence electrons. The van der Waals surface area contributed by atoms with Gasteiger partial charge in [-0.25, -0.2) is 4.39 Å². The van der Waals surface area contributed by atoms with Gasteiger partial charge in [-0.2, -0.15) is 0 Å². The van der Waals surface area contributed by atoms with E-state index in [1.165, 1.54) is 17.8 Å². The van der Waals surface area contributed by atoms with Crippen molar-refractivity contribution in [3.05, 3.63) is 29.6 Å². The molecule has 1 rings (SSSR count). The van der Waals surface area contributed by atoms with E-state index in [0.29, 0.717) is 11.4 Å². The maximum Gasteiger partial charge on any atom is 0.137 e. The molecule has 0 heterocycles. The zero-order valence-electron chi connectivity index (χ0n) is 8.83. The predicted molar refractivity (Wildman–Crippen MR) is 61.5 cm³/mol. The summed E-state index contributed by atoms with van der Waals surface area (Å²) in [4.78, 5) is 0.684. The van der Waals surface area contributed by atoms with Crippen LogP contribution in [-0.4, -0.2) is 19.5 Å². The maximum absolute atomic E-state index is 13.4. The van der Waals surface area contributed by atoms with Crippen LogP contribution >= 0.6 is 11.8 Å². The van der Waals surface area contributed by atoms with Crippen LogP contribution in [0.25, 0.3) is 0 Å². The van der Waals surface area contributed by atoms with Crippen molar-refractivity contribution in [2.24, 2.45) is 5.73 Å². The standard InChI is InChI=1S/C11H16FNOS/c1-14-5-2-6-15-11-4-3-9(8-13)7-10(11)12/h3-4,7H,2,5-6,8,13H2,1H3. The van der Waals surface area contributed by atoms with Gasteiger partial charge < -0.3 is 10.5 Å². The van der Waals surface area contributed by atoms with Crippen molar-refractivity contribution in [1.82, 2.24) is 0 Å². The van der Waals surface area contributed by atoms with Crippen LogP contribution in [0.3, 0.4) is 0 Å². The summed E-state index contributed by atoms with van der Waals surface area (Å²) in [6, 6.07) is 5.15. The molecule has 0 aliphatic heterocycles. The highest BCUT2D eigenvalue weighted by Gasteiger charge is 2.03. The first-order valence-corrected chi connectivity index (χ1v) is 5.86. The predicted octanol–water partition coefficient (Wildman–Crippen LogP) is 2.41. The minimum absolute atomic E-state index is 0.180. The molecule has 0 aliphatic carbocycles. The molecule has 1 aromatic rings. The van der Waals surface area contributed by atoms with Crippen molar-refractivity contribution in [2.75, 3.05) is 19.5 Å². The van der Waals surface area contributed by atoms with Gasteiger partial charge in [0.2, 0.25) is 0 Å². The average Bonchev–Trinajstić information content (AvgIpc) is 2.26. The van der Waals surface area contributed by atoms with Gasteiger partial charge in [0.05, 0.1) is 0 Å². The first-order chi connectivity index (χ1) is 7.27. The van der Waals surface area contributed by atoms with Crippen molar-refractivity contribution in [3.63, 3.8) is 0 Å². The Hall–Kier alpha value is -0.580. The van der Waals surface area contributed by atoms with Gasteiger partial charge in [-0.3, -0.25) is 0 Å². The molecule has 0 aromatic heterocycles. The van der Waals surface area contributed by atoms with Gasteiger partial charge in [-0.15, -0.1) is 11.8 Å². The van der Waals surface area contributed by atoms with E-state index in [2.05, 4.69) is 0 Å². The van der Waals surface area contributed by atoms with Gasteiger partial charge >= 0.3 is 0 Å². The first kappa shape index (κ1) is 12.5. The largest absolute Gasteiger partial charge is 0.385 e. The van der Waals surface area contributed by atoms with Crippen molar-refractivity contribution in [2.45, 2.75) is 17.9 Å². The topological polar surface area (TPSA) is 35.2 Å². The Bertz CT molecular complexity index is 307. The fraction of sp³-hybridized carbons (Fsp3) is 0.455. The Labute approximate surface area is 94.0 Å². The fourth-order valence-corrected chi connectivity index (χ4v) is 2.02. The number of halogens is 1. The van der Waals surface area contributed by atoms with E-state index < -0.39 is 0 Å². The fourth-order valence-electron chi connectivity index (χ4n) is 1.17. The lowest BCUT2D eigenvalue weighted by Gasteiger charge is -2.04. The summed E-state index contributed by atoms with van der Waals surface area (Å²) in [5.74, 6) is 0.688. The van der Waals surface area contributed by atoms with E-state index in [1.807, 2.05) is 6.07 Å². The summed E-state index contributed by atoms with van der Waals surface area (Å²) >= 11 is 1.51. The third-order valence-corrected chi connectivity index (χ3v) is 3.12. The summed E-state index contributed by atoms with van der Waals surface area (Å²) in [7, 11) is 1.67. The van der Waals surface area contributed by atoms with E-state index in [-0.39, 0.29) is 5.82 Å². The van der Waals surface area contributed by atoms with Gasteiger partial charge in [0, 0.05) is 30.9 Å². The third-order valence-electron chi connectivity index (χ3n) is 1.98. The number of hydrogen-bond donors (Lipinski definition) is 1. The Morgan fingerprint density at radius 1 is 1.47 bits per heavy atom. The summed E-state index contributed by atoms with van der Waals surface area (Å²) in [6.45, 7) is 1.10. The molecule has 15 heavy (non-hydrogen) atoms. The molecule has 2 nitrogen and oxygen atoms in total. The van der Waals surface area contributed by atoms with E-state index in [9.17, 15) is 4.39 Å². The van der Waals surface area contributed by atoms with Crippen LogP contribution in [-0.2, 0) is 11.3 Å². The summed E-state index contributed by atoms with van der Waals surface area (Å²) in [5, 5.41) is 0. The van der Waals surface area contributed by atoms with Gasteiger partial charge in [0.15, 0.2) is 0 Å². The second kappa shape index (κ2) is 6.82. The minimum Gasteiger partial charge on any atom is -0.385 e. The lowest BCUT2D eigenvalue weighted by Crippen LogP contribution is -1.97. The highest BCUT2D eigenvalue weighted by Crippen LogP contribution is 2.23. The molecule has 0 saturated carbocycles. The number of rotatable bonds is 6. The van der Waals surface area contributed by atoms with E-state index in [1.54, 1.807) is 13.2 Å². The highest BCUT2D eigenvalue weighted by atomic mass is 32.2. The number of ether oxygens (including phenoxy) is 1. The normalized spacial score (nSPS) is 10.6. The average molecular weight is 229 g/mol. The van der Waals surface area contributed by atoms with E-state index >= 15 is 0 Å². The molecule has 0 unspecified atom stereocenters. The molecule has 0 saturated heterocycles. The Morgan fingerprint density at radius 3 is 2.87 bits per heavy atom. The van der Waals surface area contributed by atoms with Crippen LogP contribution < -0.4 is 5.73 Å². The summed E-state index contributed by atoms with van der Waals surface area (Å²) in [5.41, 5.74) is 6.25. The molecule has 2 N–H and O–H groups in total. The number of thioether (sulfide) groups is 1. The molecule has 0 fully saturated rings. The van der Waals surface area contributed by atoms with Gasteiger partial charge in [0.1, 0.15) is 5.82 Å². The third kappa shape index (κ3) is 4.20. The second-order valence-electron chi connectivity index (χ2n) is 3.16. The molecule has 4 heteroatoms. The first-order valence-electron chi connectivity index (χ1n) is 4.88.